The summed E-state index contributed by atoms with van der Waals surface area (Å²) in [7, 11) is 5.93. The molecule has 0 bridgehead atoms. The third kappa shape index (κ3) is 74.7. The summed E-state index contributed by atoms with van der Waals surface area (Å²) in [6.07, 6.45) is 103. The average molecular weight is 1300 g/mol. The van der Waals surface area contributed by atoms with E-state index in [0.29, 0.717) is 17.4 Å². The van der Waals surface area contributed by atoms with Crippen LogP contribution in [0.1, 0.15) is 322 Å². The van der Waals surface area contributed by atoms with Crippen LogP contribution in [0.15, 0.2) is 134 Å². The molecule has 0 saturated carbocycles. The number of carboxylic acid groups (broad SMARTS) is 1. The number of aliphatic carboxylic acids is 1. The number of allylic oxidation sites excluding steroid dienone is 22. The predicted octanol–water partition coefficient (Wildman–Crippen LogP) is 23.1. The van der Waals surface area contributed by atoms with Crippen molar-refractivity contribution in [3.63, 3.8) is 0 Å². The van der Waals surface area contributed by atoms with E-state index in [1.54, 1.807) is 0 Å². The second kappa shape index (κ2) is 73.2. The van der Waals surface area contributed by atoms with E-state index in [1.807, 2.05) is 21.1 Å². The quantitative estimate of drug-likeness (QED) is 0.0195. The minimum atomic E-state index is -1.63. The molecule has 93 heavy (non-hydrogen) atoms. The highest BCUT2D eigenvalue weighted by Crippen LogP contribution is 2.18. The SMILES string of the molecule is CC/C=C\C/C=C\C/C=C\C/C=C\C/C=C\C/C=C\C/C=C\C/C=C\C/C=C\C/C=C\CCCCCCCCC(=O)OC(COC(=O)CCCCCCCCCCCCCCCCCCCCC/C=C\CCCCCCCCCC)COC(OCC[N+](C)(C)C)C(=O)[O-]. The van der Waals surface area contributed by atoms with E-state index >= 15 is 0 Å². The highest BCUT2D eigenvalue weighted by Gasteiger charge is 2.22. The first kappa shape index (κ1) is 88.4. The van der Waals surface area contributed by atoms with Gasteiger partial charge in [-0.1, -0.05) is 327 Å². The molecular formula is C84H143NO8. The van der Waals surface area contributed by atoms with Crippen LogP contribution in [0.25, 0.3) is 0 Å². The van der Waals surface area contributed by atoms with Gasteiger partial charge in [0.25, 0.3) is 0 Å². The number of carbonyl (C=O) groups is 3. The molecule has 9 heteroatoms. The van der Waals surface area contributed by atoms with Gasteiger partial charge in [-0.05, 0) is 116 Å². The van der Waals surface area contributed by atoms with Gasteiger partial charge in [-0.15, -0.1) is 0 Å². The van der Waals surface area contributed by atoms with Crippen molar-refractivity contribution >= 4 is 17.9 Å². The van der Waals surface area contributed by atoms with E-state index < -0.39 is 24.3 Å². The van der Waals surface area contributed by atoms with Crippen molar-refractivity contribution < 1.29 is 42.9 Å². The Balaban J connectivity index is 4.14. The molecule has 0 aromatic rings. The average Bonchev–Trinajstić information content (AvgIpc) is 3.73. The molecule has 0 aliphatic heterocycles. The lowest BCUT2D eigenvalue weighted by molar-refractivity contribution is -0.870. The number of carbonyl (C=O) groups excluding carboxylic acids is 3. The molecule has 0 saturated heterocycles. The van der Waals surface area contributed by atoms with Crippen molar-refractivity contribution in [1.82, 2.24) is 0 Å². The Labute approximate surface area is 573 Å². The Morgan fingerprint density at radius 3 is 0.925 bits per heavy atom. The Bertz CT molecular complexity index is 2000. The molecule has 0 aliphatic carbocycles. The lowest BCUT2D eigenvalue weighted by Gasteiger charge is -2.26. The molecule has 0 spiro atoms. The second-order valence-corrected chi connectivity index (χ2v) is 26.6. The summed E-state index contributed by atoms with van der Waals surface area (Å²) in [5.41, 5.74) is 0. The molecule has 0 N–H and O–H groups in total. The molecule has 0 fully saturated rings. The van der Waals surface area contributed by atoms with Crippen LogP contribution in [0.2, 0.25) is 0 Å². The summed E-state index contributed by atoms with van der Waals surface area (Å²) in [5, 5.41) is 11.8. The van der Waals surface area contributed by atoms with Gasteiger partial charge >= 0.3 is 11.9 Å². The second-order valence-electron chi connectivity index (χ2n) is 26.6. The van der Waals surface area contributed by atoms with E-state index in [1.165, 1.54) is 167 Å². The minimum absolute atomic E-state index is 0.139. The summed E-state index contributed by atoms with van der Waals surface area (Å²) in [6, 6.07) is 0. The third-order valence-electron chi connectivity index (χ3n) is 16.4. The van der Waals surface area contributed by atoms with Crippen molar-refractivity contribution in [2.75, 3.05) is 47.5 Å². The fourth-order valence-electron chi connectivity index (χ4n) is 10.6. The molecule has 2 atom stereocenters. The van der Waals surface area contributed by atoms with Gasteiger partial charge in [0.1, 0.15) is 13.2 Å². The number of hydrogen-bond acceptors (Lipinski definition) is 8. The fraction of sp³-hybridized carbons (Fsp3) is 0.702. The van der Waals surface area contributed by atoms with E-state index in [9.17, 15) is 19.5 Å². The van der Waals surface area contributed by atoms with Crippen LogP contribution in [-0.2, 0) is 33.3 Å². The highest BCUT2D eigenvalue weighted by molar-refractivity contribution is 5.70. The zero-order valence-electron chi connectivity index (χ0n) is 60.8. The Kier molecular flexibility index (Phi) is 69.6. The molecule has 0 radical (unpaired) electrons. The molecule has 0 rings (SSSR count). The van der Waals surface area contributed by atoms with Gasteiger partial charge in [-0.25, -0.2) is 0 Å². The number of hydrogen-bond donors (Lipinski definition) is 0. The van der Waals surface area contributed by atoms with Crippen molar-refractivity contribution in [2.24, 2.45) is 0 Å². The van der Waals surface area contributed by atoms with E-state index in [2.05, 4.69) is 148 Å². The predicted molar refractivity (Wildman–Crippen MR) is 398 cm³/mol. The molecule has 9 nitrogen and oxygen atoms in total. The summed E-state index contributed by atoms with van der Waals surface area (Å²) in [4.78, 5) is 37.6. The van der Waals surface area contributed by atoms with Gasteiger partial charge in [0.15, 0.2) is 12.4 Å². The van der Waals surface area contributed by atoms with Crippen molar-refractivity contribution in [3.8, 4) is 0 Å². The number of ether oxygens (including phenoxy) is 4. The normalized spacial score (nSPS) is 13.4. The number of esters is 2. The van der Waals surface area contributed by atoms with Crippen LogP contribution >= 0.6 is 0 Å². The summed E-state index contributed by atoms with van der Waals surface area (Å²) in [5.74, 6) is -2.30. The van der Waals surface area contributed by atoms with Crippen LogP contribution in [0, 0.1) is 0 Å². The molecular weight excluding hydrogens is 1150 g/mol. The van der Waals surface area contributed by atoms with Crippen LogP contribution in [-0.4, -0.2) is 82.3 Å². The van der Waals surface area contributed by atoms with Gasteiger partial charge < -0.3 is 33.3 Å². The van der Waals surface area contributed by atoms with Gasteiger partial charge in [0.05, 0.1) is 40.3 Å². The molecule has 0 aliphatic rings. The number of unbranched alkanes of at least 4 members (excludes halogenated alkanes) is 33. The number of quaternary nitrogens is 1. The largest absolute Gasteiger partial charge is 0.545 e. The summed E-state index contributed by atoms with van der Waals surface area (Å²) < 4.78 is 22.8. The topological polar surface area (TPSA) is 111 Å². The Morgan fingerprint density at radius 2 is 0.613 bits per heavy atom. The van der Waals surface area contributed by atoms with E-state index in [0.717, 1.165) is 122 Å². The number of nitrogens with zero attached hydrogens (tertiary/aromatic N) is 1. The smallest absolute Gasteiger partial charge is 0.306 e. The first-order valence-electron chi connectivity index (χ1n) is 38.3. The monoisotopic (exact) mass is 1290 g/mol. The minimum Gasteiger partial charge on any atom is -0.545 e. The highest BCUT2D eigenvalue weighted by atomic mass is 16.7. The third-order valence-corrected chi connectivity index (χ3v) is 16.4. The van der Waals surface area contributed by atoms with Gasteiger partial charge in [0, 0.05) is 12.8 Å². The van der Waals surface area contributed by atoms with Crippen molar-refractivity contribution in [3.05, 3.63) is 134 Å². The zero-order valence-corrected chi connectivity index (χ0v) is 60.8. The van der Waals surface area contributed by atoms with Crippen LogP contribution in [0.3, 0.4) is 0 Å². The first-order valence-corrected chi connectivity index (χ1v) is 38.3. The maximum Gasteiger partial charge on any atom is 0.306 e. The number of carboxylic acids is 1. The van der Waals surface area contributed by atoms with E-state index in [-0.39, 0.29) is 38.6 Å². The maximum atomic E-state index is 13.0. The lowest BCUT2D eigenvalue weighted by Crippen LogP contribution is -2.44. The van der Waals surface area contributed by atoms with Crippen molar-refractivity contribution in [1.29, 1.82) is 0 Å². The Hall–Kier alpha value is -4.57. The fourth-order valence-corrected chi connectivity index (χ4v) is 10.6. The number of rotatable bonds is 70. The van der Waals surface area contributed by atoms with Crippen LogP contribution in [0.4, 0.5) is 0 Å². The summed E-state index contributed by atoms with van der Waals surface area (Å²) in [6.45, 7) is 4.64. The van der Waals surface area contributed by atoms with Crippen LogP contribution < -0.4 is 5.11 Å². The Morgan fingerprint density at radius 1 is 0.333 bits per heavy atom. The van der Waals surface area contributed by atoms with Gasteiger partial charge in [-0.3, -0.25) is 9.59 Å². The van der Waals surface area contributed by atoms with Crippen molar-refractivity contribution in [2.45, 2.75) is 334 Å². The molecule has 0 aromatic carbocycles. The molecule has 532 valence electrons. The maximum absolute atomic E-state index is 13.0. The lowest BCUT2D eigenvalue weighted by atomic mass is 10.0. The van der Waals surface area contributed by atoms with E-state index in [4.69, 9.17) is 18.9 Å². The van der Waals surface area contributed by atoms with Gasteiger partial charge in [0.2, 0.25) is 0 Å². The molecule has 0 heterocycles. The molecule has 2 unspecified atom stereocenters. The van der Waals surface area contributed by atoms with Gasteiger partial charge in [-0.2, -0.15) is 0 Å². The van der Waals surface area contributed by atoms with Crippen LogP contribution in [0.5, 0.6) is 0 Å². The first-order chi connectivity index (χ1) is 45.6. The zero-order chi connectivity index (χ0) is 67.5. The molecule has 0 amide bonds. The molecule has 0 aromatic heterocycles. The standard InChI is InChI=1S/C84H143NO8/c1-6-8-10-12-14-16-18-20-22-24-26-28-30-32-34-36-38-39-40-41-42-43-45-47-49-51-53-55-57-59-61-63-65-67-69-71-73-75-82(87)93-80(79-92-84(83(88)89)90-77-76-85(3,4)5)78-91-81(86)74-72-70-68-66-64-62-60-58-56-54-52-50-48-46-44-37-35-33-31-29-27-25-23-21-19-17-15-13-11-9-7-2/h8,10,14,16,20,22,25-28,32,34,38-39,41-42,45,47,51,53,57,59,80,84H,6-7,9,11-13,15,17-19,21,23-24,29-31,33,35-37,40,43-44,46,48-50,52,54-56,58,60-79H2,1-5H3/b10-8-,16-14-,22-20-,27-25-,28-26-,34-32-,39-38-,42-41-,47-45-,53-51-,59-57-. The summed E-state index contributed by atoms with van der Waals surface area (Å²) >= 11 is 0. The number of likely N-dealkylation sites (N-methyl/N-ethyl adjacent to an activating group) is 1.